The Balaban J connectivity index is 1.75. The summed E-state index contributed by atoms with van der Waals surface area (Å²) in [6.07, 6.45) is 12.1. The van der Waals surface area contributed by atoms with E-state index in [1.165, 1.54) is 38.5 Å². The molecule has 0 bridgehead atoms. The Labute approximate surface area is 115 Å². The summed E-state index contributed by atoms with van der Waals surface area (Å²) in [7, 11) is 1.94. The third-order valence-corrected chi connectivity index (χ3v) is 4.59. The van der Waals surface area contributed by atoms with Gasteiger partial charge in [-0.2, -0.15) is 0 Å². The van der Waals surface area contributed by atoms with Crippen LogP contribution >= 0.6 is 0 Å². The number of aromatic nitrogens is 2. The second-order valence-corrected chi connectivity index (χ2v) is 5.84. The Kier molecular flexibility index (Phi) is 3.97. The first kappa shape index (κ1) is 12.9. The first-order valence-electron chi connectivity index (χ1n) is 7.60. The number of hydrogen-bond donors (Lipinski definition) is 1. The summed E-state index contributed by atoms with van der Waals surface area (Å²) < 4.78 is 0. The number of anilines is 1. The predicted molar refractivity (Wildman–Crippen MR) is 77.1 cm³/mol. The lowest BCUT2D eigenvalue weighted by Crippen LogP contribution is -2.47. The van der Waals surface area contributed by atoms with E-state index < -0.39 is 0 Å². The Morgan fingerprint density at radius 3 is 2.79 bits per heavy atom. The van der Waals surface area contributed by atoms with Gasteiger partial charge in [-0.1, -0.05) is 12.8 Å². The van der Waals surface area contributed by atoms with Crippen LogP contribution in [0.15, 0.2) is 12.4 Å². The quantitative estimate of drug-likeness (QED) is 0.906. The largest absolute Gasteiger partial charge is 0.352 e. The molecule has 2 fully saturated rings. The summed E-state index contributed by atoms with van der Waals surface area (Å²) >= 11 is 0. The molecule has 0 aromatic carbocycles. The van der Waals surface area contributed by atoms with Crippen molar-refractivity contribution in [1.82, 2.24) is 15.3 Å². The Bertz CT molecular complexity index is 401. The van der Waals surface area contributed by atoms with E-state index in [4.69, 9.17) is 0 Å². The SMILES string of the molecule is CNCc1cnc(N2CCC[C@H]3CCCC[C@H]32)cn1. The molecular formula is C15H24N4. The maximum Gasteiger partial charge on any atom is 0.147 e. The van der Waals surface area contributed by atoms with Crippen LogP contribution in [-0.4, -0.2) is 29.6 Å². The summed E-state index contributed by atoms with van der Waals surface area (Å²) in [5.74, 6) is 1.97. The van der Waals surface area contributed by atoms with Crippen LogP contribution in [0.4, 0.5) is 5.82 Å². The molecule has 2 heterocycles. The normalized spacial score (nSPS) is 27.1. The average molecular weight is 260 g/mol. The van der Waals surface area contributed by atoms with E-state index in [1.54, 1.807) is 0 Å². The van der Waals surface area contributed by atoms with Crippen molar-refractivity contribution in [2.45, 2.75) is 51.1 Å². The van der Waals surface area contributed by atoms with Gasteiger partial charge in [0, 0.05) is 19.1 Å². The molecule has 1 saturated carbocycles. The van der Waals surface area contributed by atoms with E-state index in [0.717, 1.165) is 30.5 Å². The minimum atomic E-state index is 0.715. The first-order chi connectivity index (χ1) is 9.38. The Morgan fingerprint density at radius 1 is 1.16 bits per heavy atom. The minimum absolute atomic E-state index is 0.715. The highest BCUT2D eigenvalue weighted by molar-refractivity contribution is 5.38. The molecule has 0 unspecified atom stereocenters. The summed E-state index contributed by atoms with van der Waals surface area (Å²) in [5, 5.41) is 3.11. The lowest BCUT2D eigenvalue weighted by atomic mass is 9.78. The van der Waals surface area contributed by atoms with Crippen LogP contribution < -0.4 is 10.2 Å². The van der Waals surface area contributed by atoms with E-state index in [2.05, 4.69) is 20.2 Å². The third kappa shape index (κ3) is 2.73. The highest BCUT2D eigenvalue weighted by Crippen LogP contribution is 2.36. The molecule has 1 saturated heterocycles. The summed E-state index contributed by atoms with van der Waals surface area (Å²) in [4.78, 5) is 11.7. The molecule has 3 rings (SSSR count). The van der Waals surface area contributed by atoms with Crippen LogP contribution in [0, 0.1) is 5.92 Å². The van der Waals surface area contributed by atoms with Crippen LogP contribution in [0.5, 0.6) is 0 Å². The summed E-state index contributed by atoms with van der Waals surface area (Å²) in [6.45, 7) is 1.94. The van der Waals surface area contributed by atoms with Crippen molar-refractivity contribution < 1.29 is 0 Å². The third-order valence-electron chi connectivity index (χ3n) is 4.59. The molecule has 1 aliphatic heterocycles. The number of piperidine rings is 1. The highest BCUT2D eigenvalue weighted by atomic mass is 15.2. The van der Waals surface area contributed by atoms with Crippen LogP contribution in [0.1, 0.15) is 44.2 Å². The second kappa shape index (κ2) is 5.87. The molecule has 1 aliphatic carbocycles. The molecule has 4 heteroatoms. The van der Waals surface area contributed by atoms with Crippen molar-refractivity contribution in [3.63, 3.8) is 0 Å². The molecule has 2 atom stereocenters. The van der Waals surface area contributed by atoms with E-state index in [0.29, 0.717) is 6.04 Å². The standard InChI is InChI=1S/C15H24N4/c1-16-9-13-10-18-15(11-17-13)19-8-4-6-12-5-2-3-7-14(12)19/h10-12,14,16H,2-9H2,1H3/t12-,14-/m1/s1. The molecule has 0 amide bonds. The van der Waals surface area contributed by atoms with Gasteiger partial charge in [-0.3, -0.25) is 4.98 Å². The van der Waals surface area contributed by atoms with Crippen molar-refractivity contribution in [2.75, 3.05) is 18.5 Å². The number of nitrogens with zero attached hydrogens (tertiary/aromatic N) is 3. The van der Waals surface area contributed by atoms with Gasteiger partial charge in [-0.05, 0) is 38.6 Å². The maximum atomic E-state index is 4.64. The van der Waals surface area contributed by atoms with E-state index >= 15 is 0 Å². The number of rotatable bonds is 3. The van der Waals surface area contributed by atoms with E-state index in [1.807, 2.05) is 19.4 Å². The predicted octanol–water partition coefficient (Wildman–Crippen LogP) is 2.36. The van der Waals surface area contributed by atoms with Crippen LogP contribution in [0.3, 0.4) is 0 Å². The monoisotopic (exact) mass is 260 g/mol. The number of nitrogens with one attached hydrogen (secondary N) is 1. The fourth-order valence-electron chi connectivity index (χ4n) is 3.68. The fraction of sp³-hybridized carbons (Fsp3) is 0.733. The lowest BCUT2D eigenvalue weighted by molar-refractivity contribution is 0.242. The van der Waals surface area contributed by atoms with Crippen molar-refractivity contribution in [2.24, 2.45) is 5.92 Å². The van der Waals surface area contributed by atoms with Gasteiger partial charge in [-0.15, -0.1) is 0 Å². The van der Waals surface area contributed by atoms with Crippen molar-refractivity contribution in [3.05, 3.63) is 18.1 Å². The molecule has 1 aromatic heterocycles. The minimum Gasteiger partial charge on any atom is -0.352 e. The van der Waals surface area contributed by atoms with Gasteiger partial charge < -0.3 is 10.2 Å². The smallest absolute Gasteiger partial charge is 0.147 e. The first-order valence-corrected chi connectivity index (χ1v) is 7.60. The molecule has 2 aliphatic rings. The van der Waals surface area contributed by atoms with Crippen LogP contribution in [0.2, 0.25) is 0 Å². The summed E-state index contributed by atoms with van der Waals surface area (Å²) in [6, 6.07) is 0.715. The molecule has 104 valence electrons. The van der Waals surface area contributed by atoms with Gasteiger partial charge in [0.25, 0.3) is 0 Å². The van der Waals surface area contributed by atoms with E-state index in [-0.39, 0.29) is 0 Å². The zero-order chi connectivity index (χ0) is 13.1. The molecule has 1 aromatic rings. The molecule has 4 nitrogen and oxygen atoms in total. The van der Waals surface area contributed by atoms with Gasteiger partial charge >= 0.3 is 0 Å². The van der Waals surface area contributed by atoms with Crippen molar-refractivity contribution in [1.29, 1.82) is 0 Å². The summed E-state index contributed by atoms with van der Waals surface area (Å²) in [5.41, 5.74) is 1.02. The lowest BCUT2D eigenvalue weighted by Gasteiger charge is -2.44. The molecule has 19 heavy (non-hydrogen) atoms. The zero-order valence-electron chi connectivity index (χ0n) is 11.8. The van der Waals surface area contributed by atoms with Crippen molar-refractivity contribution in [3.8, 4) is 0 Å². The molecule has 0 spiro atoms. The van der Waals surface area contributed by atoms with Gasteiger partial charge in [0.2, 0.25) is 0 Å². The van der Waals surface area contributed by atoms with Crippen molar-refractivity contribution >= 4 is 5.82 Å². The highest BCUT2D eigenvalue weighted by Gasteiger charge is 2.33. The average Bonchev–Trinajstić information content (AvgIpc) is 2.48. The van der Waals surface area contributed by atoms with E-state index in [9.17, 15) is 0 Å². The van der Waals surface area contributed by atoms with Gasteiger partial charge in [0.05, 0.1) is 18.1 Å². The maximum absolute atomic E-state index is 4.64. The topological polar surface area (TPSA) is 41.1 Å². The molecule has 0 radical (unpaired) electrons. The van der Waals surface area contributed by atoms with Gasteiger partial charge in [-0.25, -0.2) is 4.98 Å². The van der Waals surface area contributed by atoms with Crippen LogP contribution in [0.25, 0.3) is 0 Å². The second-order valence-electron chi connectivity index (χ2n) is 5.84. The van der Waals surface area contributed by atoms with Gasteiger partial charge in [0.1, 0.15) is 5.82 Å². The fourth-order valence-corrected chi connectivity index (χ4v) is 3.68. The zero-order valence-corrected chi connectivity index (χ0v) is 11.8. The van der Waals surface area contributed by atoms with Gasteiger partial charge in [0.15, 0.2) is 0 Å². The Morgan fingerprint density at radius 2 is 2.00 bits per heavy atom. The number of hydrogen-bond acceptors (Lipinski definition) is 4. The molecule has 1 N–H and O–H groups in total. The Hall–Kier alpha value is -1.16. The van der Waals surface area contributed by atoms with Crippen LogP contribution in [-0.2, 0) is 6.54 Å². The molecular weight excluding hydrogens is 236 g/mol. The number of fused-ring (bicyclic) bond motifs is 1.